The second-order valence-electron chi connectivity index (χ2n) is 4.50. The SMILES string of the molecule is CC.CCCN1CCOCC1.CCN1CCOCC1. The Morgan fingerprint density at radius 2 is 1.16 bits per heavy atom. The summed E-state index contributed by atoms with van der Waals surface area (Å²) in [4.78, 5) is 4.84. The van der Waals surface area contributed by atoms with Crippen molar-refractivity contribution >= 4 is 0 Å². The third-order valence-electron chi connectivity index (χ3n) is 3.19. The fourth-order valence-electron chi connectivity index (χ4n) is 2.06. The molecule has 0 aromatic rings. The maximum absolute atomic E-state index is 5.20. The number of hydrogen-bond donors (Lipinski definition) is 0. The van der Waals surface area contributed by atoms with Crippen LogP contribution in [0.15, 0.2) is 0 Å². The Hall–Kier alpha value is -0.160. The van der Waals surface area contributed by atoms with Gasteiger partial charge in [0.15, 0.2) is 0 Å². The molecule has 116 valence electrons. The van der Waals surface area contributed by atoms with E-state index in [0.717, 1.165) is 52.6 Å². The number of rotatable bonds is 3. The van der Waals surface area contributed by atoms with Gasteiger partial charge >= 0.3 is 0 Å². The third kappa shape index (κ3) is 10.3. The first-order chi connectivity index (χ1) is 9.36. The molecule has 0 N–H and O–H groups in total. The number of nitrogens with zero attached hydrogens (tertiary/aromatic N) is 2. The highest BCUT2D eigenvalue weighted by Gasteiger charge is 2.07. The molecule has 2 rings (SSSR count). The maximum Gasteiger partial charge on any atom is 0.0594 e. The average Bonchev–Trinajstić information content (AvgIpc) is 2.52. The van der Waals surface area contributed by atoms with Crippen LogP contribution >= 0.6 is 0 Å². The van der Waals surface area contributed by atoms with Crippen molar-refractivity contribution < 1.29 is 9.47 Å². The zero-order chi connectivity index (χ0) is 14.3. The Morgan fingerprint density at radius 1 is 0.737 bits per heavy atom. The molecule has 0 atom stereocenters. The van der Waals surface area contributed by atoms with E-state index >= 15 is 0 Å². The average molecular weight is 274 g/mol. The van der Waals surface area contributed by atoms with E-state index in [9.17, 15) is 0 Å². The van der Waals surface area contributed by atoms with Crippen LogP contribution < -0.4 is 0 Å². The normalized spacial score (nSPS) is 20.8. The fraction of sp³-hybridized carbons (Fsp3) is 1.00. The summed E-state index contributed by atoms with van der Waals surface area (Å²) in [5.74, 6) is 0. The van der Waals surface area contributed by atoms with Crippen LogP contribution in [0.1, 0.15) is 34.1 Å². The van der Waals surface area contributed by atoms with Crippen LogP contribution in [0.5, 0.6) is 0 Å². The number of hydrogen-bond acceptors (Lipinski definition) is 4. The Morgan fingerprint density at radius 3 is 1.47 bits per heavy atom. The lowest BCUT2D eigenvalue weighted by molar-refractivity contribution is 0.0380. The van der Waals surface area contributed by atoms with Gasteiger partial charge in [0.1, 0.15) is 0 Å². The first-order valence-corrected chi connectivity index (χ1v) is 7.97. The first-order valence-electron chi connectivity index (χ1n) is 7.97. The fourth-order valence-corrected chi connectivity index (χ4v) is 2.06. The summed E-state index contributed by atoms with van der Waals surface area (Å²) >= 11 is 0. The van der Waals surface area contributed by atoms with Gasteiger partial charge in [-0.2, -0.15) is 0 Å². The summed E-state index contributed by atoms with van der Waals surface area (Å²) in [6.07, 6.45) is 1.26. The Kier molecular flexibility index (Phi) is 14.1. The van der Waals surface area contributed by atoms with Gasteiger partial charge < -0.3 is 9.47 Å². The van der Waals surface area contributed by atoms with Gasteiger partial charge in [-0.05, 0) is 19.5 Å². The second-order valence-corrected chi connectivity index (χ2v) is 4.50. The van der Waals surface area contributed by atoms with Crippen LogP contribution in [0, 0.1) is 0 Å². The summed E-state index contributed by atoms with van der Waals surface area (Å²) in [7, 11) is 0. The molecule has 0 spiro atoms. The van der Waals surface area contributed by atoms with Gasteiger partial charge in [-0.15, -0.1) is 0 Å². The minimum atomic E-state index is 0.924. The molecule has 0 unspecified atom stereocenters. The summed E-state index contributed by atoms with van der Waals surface area (Å²) < 4.78 is 10.4. The molecule has 2 heterocycles. The summed E-state index contributed by atoms with van der Waals surface area (Å²) in [5.41, 5.74) is 0. The van der Waals surface area contributed by atoms with Gasteiger partial charge in [0.25, 0.3) is 0 Å². The van der Waals surface area contributed by atoms with Gasteiger partial charge in [0.2, 0.25) is 0 Å². The molecule has 2 aliphatic heterocycles. The lowest BCUT2D eigenvalue weighted by Crippen LogP contribution is -2.36. The van der Waals surface area contributed by atoms with Crippen molar-refractivity contribution in [3.8, 4) is 0 Å². The van der Waals surface area contributed by atoms with Gasteiger partial charge in [0, 0.05) is 26.2 Å². The topological polar surface area (TPSA) is 24.9 Å². The molecule has 2 aliphatic rings. The number of likely N-dealkylation sites (N-methyl/N-ethyl adjacent to an activating group) is 1. The predicted molar refractivity (Wildman–Crippen MR) is 81.8 cm³/mol. The molecular weight excluding hydrogens is 240 g/mol. The van der Waals surface area contributed by atoms with E-state index < -0.39 is 0 Å². The molecule has 0 bridgehead atoms. The van der Waals surface area contributed by atoms with Gasteiger partial charge in [-0.3, -0.25) is 9.80 Å². The van der Waals surface area contributed by atoms with Crippen molar-refractivity contribution in [1.82, 2.24) is 9.80 Å². The quantitative estimate of drug-likeness (QED) is 0.787. The molecule has 0 aromatic carbocycles. The number of ether oxygens (including phenoxy) is 2. The summed E-state index contributed by atoms with van der Waals surface area (Å²) in [6.45, 7) is 19.0. The molecular formula is C15H34N2O2. The number of morpholine rings is 2. The Balaban J connectivity index is 0.000000303. The molecule has 0 radical (unpaired) electrons. The van der Waals surface area contributed by atoms with Crippen LogP contribution in [0.25, 0.3) is 0 Å². The molecule has 4 heteroatoms. The van der Waals surface area contributed by atoms with Crippen LogP contribution in [0.4, 0.5) is 0 Å². The summed E-state index contributed by atoms with van der Waals surface area (Å²) in [5, 5.41) is 0. The van der Waals surface area contributed by atoms with Crippen molar-refractivity contribution in [2.24, 2.45) is 0 Å². The van der Waals surface area contributed by atoms with E-state index in [1.807, 2.05) is 13.8 Å². The molecule has 0 aliphatic carbocycles. The molecule has 0 amide bonds. The maximum atomic E-state index is 5.20. The van der Waals surface area contributed by atoms with Crippen LogP contribution in [0.3, 0.4) is 0 Å². The van der Waals surface area contributed by atoms with Crippen molar-refractivity contribution in [2.75, 3.05) is 65.7 Å². The van der Waals surface area contributed by atoms with Crippen LogP contribution in [0.2, 0.25) is 0 Å². The minimum absolute atomic E-state index is 0.924. The zero-order valence-corrected chi connectivity index (χ0v) is 13.5. The highest BCUT2D eigenvalue weighted by Crippen LogP contribution is 1.96. The van der Waals surface area contributed by atoms with E-state index in [0.29, 0.717) is 0 Å². The smallest absolute Gasteiger partial charge is 0.0594 e. The molecule has 2 saturated heterocycles. The van der Waals surface area contributed by atoms with Crippen LogP contribution in [-0.4, -0.2) is 75.5 Å². The van der Waals surface area contributed by atoms with E-state index in [-0.39, 0.29) is 0 Å². The lowest BCUT2D eigenvalue weighted by Gasteiger charge is -2.25. The lowest BCUT2D eigenvalue weighted by atomic mass is 10.4. The first kappa shape index (κ1) is 18.8. The van der Waals surface area contributed by atoms with Gasteiger partial charge in [0.05, 0.1) is 26.4 Å². The van der Waals surface area contributed by atoms with Crippen molar-refractivity contribution in [3.05, 3.63) is 0 Å². The van der Waals surface area contributed by atoms with Crippen molar-refractivity contribution in [3.63, 3.8) is 0 Å². The Labute approximate surface area is 120 Å². The highest BCUT2D eigenvalue weighted by molar-refractivity contribution is 4.59. The van der Waals surface area contributed by atoms with E-state index in [1.165, 1.54) is 19.5 Å². The van der Waals surface area contributed by atoms with E-state index in [1.54, 1.807) is 0 Å². The standard InChI is InChI=1S/C7H15NO.C6H13NO.C2H6/c1-2-3-8-4-6-9-7-5-8;1-2-7-3-5-8-6-4-7;1-2/h2-7H2,1H3;2-6H2,1H3;1-2H3. The Bertz CT molecular complexity index is 165. The van der Waals surface area contributed by atoms with Crippen molar-refractivity contribution in [2.45, 2.75) is 34.1 Å². The highest BCUT2D eigenvalue weighted by atomic mass is 16.5. The molecule has 0 aromatic heterocycles. The third-order valence-corrected chi connectivity index (χ3v) is 3.19. The van der Waals surface area contributed by atoms with Gasteiger partial charge in [-0.25, -0.2) is 0 Å². The predicted octanol–water partition coefficient (Wildman–Crippen LogP) is 2.09. The van der Waals surface area contributed by atoms with E-state index in [2.05, 4.69) is 23.6 Å². The molecule has 19 heavy (non-hydrogen) atoms. The molecule has 4 nitrogen and oxygen atoms in total. The van der Waals surface area contributed by atoms with Crippen LogP contribution in [-0.2, 0) is 9.47 Å². The zero-order valence-electron chi connectivity index (χ0n) is 13.5. The van der Waals surface area contributed by atoms with Crippen molar-refractivity contribution in [1.29, 1.82) is 0 Å². The van der Waals surface area contributed by atoms with Gasteiger partial charge in [-0.1, -0.05) is 27.7 Å². The monoisotopic (exact) mass is 274 g/mol. The van der Waals surface area contributed by atoms with E-state index in [4.69, 9.17) is 9.47 Å². The molecule has 2 fully saturated rings. The summed E-state index contributed by atoms with van der Waals surface area (Å²) in [6, 6.07) is 0. The molecule has 0 saturated carbocycles. The second kappa shape index (κ2) is 14.3. The largest absolute Gasteiger partial charge is 0.379 e. The minimum Gasteiger partial charge on any atom is -0.379 e.